The summed E-state index contributed by atoms with van der Waals surface area (Å²) in [6, 6.07) is 5.56. The number of rotatable bonds is 2. The minimum Gasteiger partial charge on any atom is -0.490 e. The lowest BCUT2D eigenvalue weighted by Crippen LogP contribution is -2.05. The first kappa shape index (κ1) is 10.5. The van der Waals surface area contributed by atoms with Crippen molar-refractivity contribution >= 4 is 12.0 Å². The third-order valence-electron chi connectivity index (χ3n) is 2.23. The molecule has 0 aliphatic carbocycles. The van der Waals surface area contributed by atoms with Crippen molar-refractivity contribution in [1.29, 1.82) is 0 Å². The van der Waals surface area contributed by atoms with Crippen LogP contribution in [0.15, 0.2) is 24.3 Å². The number of carbonyl (C=O) groups excluding carboxylic acids is 1. The number of ether oxygens (including phenoxy) is 2. The molecule has 0 atom stereocenters. The van der Waals surface area contributed by atoms with E-state index < -0.39 is 5.91 Å². The molecular weight excluding hydrogens is 206 g/mol. The topological polar surface area (TPSA) is 61.6 Å². The van der Waals surface area contributed by atoms with Crippen LogP contribution in [-0.2, 0) is 4.79 Å². The van der Waals surface area contributed by atoms with Crippen molar-refractivity contribution < 1.29 is 14.3 Å². The maximum Gasteiger partial charge on any atom is 0.241 e. The van der Waals surface area contributed by atoms with Gasteiger partial charge in [-0.05, 0) is 12.1 Å². The molecule has 1 aromatic rings. The fourth-order valence-electron chi connectivity index (χ4n) is 1.52. The number of fused-ring (bicyclic) bond motifs is 1. The van der Waals surface area contributed by atoms with Crippen LogP contribution in [0.3, 0.4) is 0 Å². The minimum atomic E-state index is -0.479. The van der Waals surface area contributed by atoms with Crippen LogP contribution in [0.1, 0.15) is 12.0 Å². The summed E-state index contributed by atoms with van der Waals surface area (Å²) in [6.07, 6.45) is 3.80. The van der Waals surface area contributed by atoms with Crippen molar-refractivity contribution in [3.63, 3.8) is 0 Å². The van der Waals surface area contributed by atoms with Gasteiger partial charge in [-0.2, -0.15) is 0 Å². The molecule has 4 heteroatoms. The van der Waals surface area contributed by atoms with Gasteiger partial charge in [0.2, 0.25) is 5.91 Å². The third kappa shape index (κ3) is 2.34. The molecule has 1 aliphatic rings. The summed E-state index contributed by atoms with van der Waals surface area (Å²) in [5, 5.41) is 0. The van der Waals surface area contributed by atoms with E-state index in [1.54, 1.807) is 6.08 Å². The fourth-order valence-corrected chi connectivity index (χ4v) is 1.52. The second-order valence-corrected chi connectivity index (χ2v) is 3.46. The number of nitrogens with two attached hydrogens (primary N) is 1. The van der Waals surface area contributed by atoms with Gasteiger partial charge in [-0.25, -0.2) is 0 Å². The van der Waals surface area contributed by atoms with Gasteiger partial charge in [0, 0.05) is 18.1 Å². The van der Waals surface area contributed by atoms with Crippen LogP contribution in [0.25, 0.3) is 6.08 Å². The standard InChI is InChI=1S/C12H13NO3/c13-11(14)6-5-9-3-1-4-10-12(9)16-8-2-7-15-10/h1,3-6H,2,7-8H2,(H2,13,14)/b6-5-. The van der Waals surface area contributed by atoms with E-state index in [0.29, 0.717) is 24.7 Å². The van der Waals surface area contributed by atoms with Crippen LogP contribution in [0.5, 0.6) is 11.5 Å². The molecule has 0 unspecified atom stereocenters. The van der Waals surface area contributed by atoms with Crippen molar-refractivity contribution in [1.82, 2.24) is 0 Å². The number of para-hydroxylation sites is 1. The highest BCUT2D eigenvalue weighted by molar-refractivity contribution is 5.90. The van der Waals surface area contributed by atoms with Gasteiger partial charge >= 0.3 is 0 Å². The van der Waals surface area contributed by atoms with Crippen LogP contribution in [0.4, 0.5) is 0 Å². The monoisotopic (exact) mass is 219 g/mol. The van der Waals surface area contributed by atoms with Crippen LogP contribution in [0, 0.1) is 0 Å². The molecule has 1 aromatic carbocycles. The Morgan fingerprint density at radius 3 is 2.94 bits per heavy atom. The van der Waals surface area contributed by atoms with Gasteiger partial charge in [0.05, 0.1) is 13.2 Å². The normalized spacial score (nSPS) is 14.8. The van der Waals surface area contributed by atoms with E-state index >= 15 is 0 Å². The van der Waals surface area contributed by atoms with E-state index in [-0.39, 0.29) is 0 Å². The summed E-state index contributed by atoms with van der Waals surface area (Å²) in [5.74, 6) is 0.911. The summed E-state index contributed by atoms with van der Waals surface area (Å²) < 4.78 is 11.1. The fraction of sp³-hybridized carbons (Fsp3) is 0.250. The van der Waals surface area contributed by atoms with E-state index in [0.717, 1.165) is 12.0 Å². The summed E-state index contributed by atoms with van der Waals surface area (Å²) in [6.45, 7) is 1.27. The molecule has 0 radical (unpaired) electrons. The molecule has 84 valence electrons. The first-order chi connectivity index (χ1) is 7.77. The second-order valence-electron chi connectivity index (χ2n) is 3.46. The van der Waals surface area contributed by atoms with Gasteiger partial charge in [0.1, 0.15) is 0 Å². The van der Waals surface area contributed by atoms with Crippen LogP contribution in [0.2, 0.25) is 0 Å². The number of benzene rings is 1. The summed E-state index contributed by atoms with van der Waals surface area (Å²) in [7, 11) is 0. The summed E-state index contributed by atoms with van der Waals surface area (Å²) in [4.78, 5) is 10.7. The van der Waals surface area contributed by atoms with Crippen molar-refractivity contribution in [2.45, 2.75) is 6.42 Å². The molecule has 0 saturated carbocycles. The zero-order valence-corrected chi connectivity index (χ0v) is 8.81. The number of amides is 1. The quantitative estimate of drug-likeness (QED) is 0.763. The zero-order chi connectivity index (χ0) is 11.4. The molecule has 0 aromatic heterocycles. The molecule has 2 rings (SSSR count). The lowest BCUT2D eigenvalue weighted by Gasteiger charge is -2.09. The summed E-state index contributed by atoms with van der Waals surface area (Å²) in [5.41, 5.74) is 5.85. The molecule has 4 nitrogen and oxygen atoms in total. The largest absolute Gasteiger partial charge is 0.490 e. The Morgan fingerprint density at radius 1 is 1.31 bits per heavy atom. The Bertz CT molecular complexity index is 426. The lowest BCUT2D eigenvalue weighted by atomic mass is 10.1. The predicted octanol–water partition coefficient (Wildman–Crippen LogP) is 1.35. The van der Waals surface area contributed by atoms with Gasteiger partial charge in [-0.15, -0.1) is 0 Å². The lowest BCUT2D eigenvalue weighted by molar-refractivity contribution is -0.113. The van der Waals surface area contributed by atoms with Gasteiger partial charge in [-0.3, -0.25) is 4.79 Å². The smallest absolute Gasteiger partial charge is 0.241 e. The molecule has 2 N–H and O–H groups in total. The first-order valence-electron chi connectivity index (χ1n) is 5.13. The molecule has 0 fully saturated rings. The van der Waals surface area contributed by atoms with E-state index in [4.69, 9.17) is 15.2 Å². The minimum absolute atomic E-state index is 0.479. The Balaban J connectivity index is 2.34. The predicted molar refractivity (Wildman–Crippen MR) is 60.3 cm³/mol. The van der Waals surface area contributed by atoms with E-state index in [2.05, 4.69) is 0 Å². The maximum atomic E-state index is 10.7. The molecule has 16 heavy (non-hydrogen) atoms. The SMILES string of the molecule is NC(=O)/C=C\c1cccc2c1OCCCO2. The second kappa shape index (κ2) is 4.70. The number of hydrogen-bond acceptors (Lipinski definition) is 3. The maximum absolute atomic E-state index is 10.7. The Morgan fingerprint density at radius 2 is 2.12 bits per heavy atom. The number of primary amides is 1. The van der Waals surface area contributed by atoms with Crippen LogP contribution >= 0.6 is 0 Å². The Hall–Kier alpha value is -1.97. The van der Waals surface area contributed by atoms with E-state index in [1.165, 1.54) is 6.08 Å². The van der Waals surface area contributed by atoms with Gasteiger partial charge in [0.15, 0.2) is 11.5 Å². The van der Waals surface area contributed by atoms with Crippen molar-refractivity contribution in [3.8, 4) is 11.5 Å². The molecule has 0 spiro atoms. The van der Waals surface area contributed by atoms with Crippen LogP contribution in [-0.4, -0.2) is 19.1 Å². The highest BCUT2D eigenvalue weighted by Gasteiger charge is 2.12. The molecule has 1 aliphatic heterocycles. The molecule has 0 saturated heterocycles. The highest BCUT2D eigenvalue weighted by Crippen LogP contribution is 2.33. The number of carbonyl (C=O) groups is 1. The third-order valence-corrected chi connectivity index (χ3v) is 2.23. The van der Waals surface area contributed by atoms with Gasteiger partial charge in [-0.1, -0.05) is 12.1 Å². The van der Waals surface area contributed by atoms with Crippen molar-refractivity contribution in [3.05, 3.63) is 29.8 Å². The van der Waals surface area contributed by atoms with Gasteiger partial charge < -0.3 is 15.2 Å². The molecule has 0 bridgehead atoms. The van der Waals surface area contributed by atoms with Gasteiger partial charge in [0.25, 0.3) is 0 Å². The van der Waals surface area contributed by atoms with E-state index in [9.17, 15) is 4.79 Å². The highest BCUT2D eigenvalue weighted by atomic mass is 16.5. The van der Waals surface area contributed by atoms with E-state index in [1.807, 2.05) is 18.2 Å². The average Bonchev–Trinajstić information content (AvgIpc) is 2.51. The molecular formula is C12H13NO3. The number of hydrogen-bond donors (Lipinski definition) is 1. The Labute approximate surface area is 93.7 Å². The molecule has 1 amide bonds. The molecule has 1 heterocycles. The Kier molecular flexibility index (Phi) is 3.10. The van der Waals surface area contributed by atoms with Crippen LogP contribution < -0.4 is 15.2 Å². The first-order valence-corrected chi connectivity index (χ1v) is 5.13. The summed E-state index contributed by atoms with van der Waals surface area (Å²) >= 11 is 0. The van der Waals surface area contributed by atoms with Crippen molar-refractivity contribution in [2.75, 3.05) is 13.2 Å². The van der Waals surface area contributed by atoms with Crippen molar-refractivity contribution in [2.24, 2.45) is 5.73 Å². The average molecular weight is 219 g/mol. The zero-order valence-electron chi connectivity index (χ0n) is 8.81.